The van der Waals surface area contributed by atoms with Gasteiger partial charge in [0.2, 0.25) is 0 Å². The summed E-state index contributed by atoms with van der Waals surface area (Å²) < 4.78 is 0. The number of rotatable bonds is 2. The number of hydrogen-bond acceptors (Lipinski definition) is 2. The summed E-state index contributed by atoms with van der Waals surface area (Å²) in [7, 11) is 0. The lowest BCUT2D eigenvalue weighted by Gasteiger charge is -2.13. The van der Waals surface area contributed by atoms with Crippen molar-refractivity contribution in [3.05, 3.63) is 64.5 Å². The van der Waals surface area contributed by atoms with E-state index in [1.54, 1.807) is 0 Å². The molecule has 1 aromatic carbocycles. The number of benzene rings is 1. The Bertz CT molecular complexity index is 575. The summed E-state index contributed by atoms with van der Waals surface area (Å²) in [6, 6.07) is 12.5. The number of fused-ring (bicyclic) bond motifs is 1. The Morgan fingerprint density at radius 3 is 2.78 bits per heavy atom. The zero-order valence-electron chi connectivity index (χ0n) is 10.7. The van der Waals surface area contributed by atoms with Crippen LogP contribution in [-0.2, 0) is 12.8 Å². The Morgan fingerprint density at radius 2 is 1.94 bits per heavy atom. The maximum absolute atomic E-state index is 6.32. The Hall–Kier alpha value is -1.67. The highest BCUT2D eigenvalue weighted by atomic mass is 14.8. The van der Waals surface area contributed by atoms with Gasteiger partial charge in [0.15, 0.2) is 0 Å². The minimum atomic E-state index is -0.115. The number of hydrogen-bond donors (Lipinski definition) is 1. The fraction of sp³-hybridized carbons (Fsp3) is 0.312. The minimum Gasteiger partial charge on any atom is -0.319 e. The Labute approximate surface area is 108 Å². The predicted octanol–water partition coefficient (Wildman–Crippen LogP) is 2.93. The molecule has 2 N–H and O–H groups in total. The van der Waals surface area contributed by atoms with Crippen LogP contribution >= 0.6 is 0 Å². The van der Waals surface area contributed by atoms with Crippen LogP contribution in [0.4, 0.5) is 0 Å². The Kier molecular flexibility index (Phi) is 2.88. The van der Waals surface area contributed by atoms with E-state index >= 15 is 0 Å². The fourth-order valence-electron chi connectivity index (χ4n) is 2.69. The lowest BCUT2D eigenvalue weighted by molar-refractivity contribution is 0.819. The summed E-state index contributed by atoms with van der Waals surface area (Å²) in [5.41, 5.74) is 12.4. The van der Waals surface area contributed by atoms with E-state index < -0.39 is 0 Å². The molecule has 0 fully saturated rings. The van der Waals surface area contributed by atoms with Gasteiger partial charge in [-0.15, -0.1) is 0 Å². The number of aromatic nitrogens is 1. The molecular formula is C16H18N2. The summed E-state index contributed by atoms with van der Waals surface area (Å²) >= 11 is 0. The molecule has 92 valence electrons. The maximum Gasteiger partial charge on any atom is 0.0726 e. The summed E-state index contributed by atoms with van der Waals surface area (Å²) in [6.45, 7) is 2.00. The number of pyridine rings is 1. The quantitative estimate of drug-likeness (QED) is 0.873. The highest BCUT2D eigenvalue weighted by Gasteiger charge is 2.15. The third-order valence-electron chi connectivity index (χ3n) is 3.71. The second kappa shape index (κ2) is 4.54. The predicted molar refractivity (Wildman–Crippen MR) is 73.5 cm³/mol. The van der Waals surface area contributed by atoms with Crippen molar-refractivity contribution >= 4 is 0 Å². The molecule has 0 bridgehead atoms. The number of aryl methyl sites for hydroxylation is 3. The van der Waals surface area contributed by atoms with Crippen molar-refractivity contribution in [2.45, 2.75) is 32.2 Å². The van der Waals surface area contributed by atoms with Crippen molar-refractivity contribution in [1.29, 1.82) is 0 Å². The van der Waals surface area contributed by atoms with Crippen LogP contribution in [0.1, 0.15) is 40.5 Å². The second-order valence-electron chi connectivity index (χ2n) is 5.06. The first kappa shape index (κ1) is 11.4. The van der Waals surface area contributed by atoms with Gasteiger partial charge < -0.3 is 5.73 Å². The van der Waals surface area contributed by atoms with Crippen molar-refractivity contribution in [1.82, 2.24) is 4.98 Å². The van der Waals surface area contributed by atoms with Gasteiger partial charge in [-0.25, -0.2) is 0 Å². The van der Waals surface area contributed by atoms with E-state index in [0.717, 1.165) is 11.4 Å². The van der Waals surface area contributed by atoms with Crippen molar-refractivity contribution in [2.75, 3.05) is 0 Å². The van der Waals surface area contributed by atoms with Gasteiger partial charge in [-0.05, 0) is 55.0 Å². The second-order valence-corrected chi connectivity index (χ2v) is 5.06. The van der Waals surface area contributed by atoms with Crippen LogP contribution in [0.5, 0.6) is 0 Å². The van der Waals surface area contributed by atoms with Crippen LogP contribution in [0.2, 0.25) is 0 Å². The van der Waals surface area contributed by atoms with Crippen LogP contribution in [0.3, 0.4) is 0 Å². The lowest BCUT2D eigenvalue weighted by Crippen LogP contribution is -2.14. The first-order valence-electron chi connectivity index (χ1n) is 6.55. The molecular weight excluding hydrogens is 220 g/mol. The van der Waals surface area contributed by atoms with Gasteiger partial charge in [-0.2, -0.15) is 0 Å². The SMILES string of the molecule is Cc1cccc(C(N)c2ccc3c(c2)CCC3)n1. The van der Waals surface area contributed by atoms with Gasteiger partial charge in [-0.3, -0.25) is 4.98 Å². The molecule has 2 aromatic rings. The lowest BCUT2D eigenvalue weighted by atomic mass is 9.99. The van der Waals surface area contributed by atoms with E-state index in [9.17, 15) is 0 Å². The molecule has 2 heteroatoms. The van der Waals surface area contributed by atoms with Crippen molar-refractivity contribution in [3.8, 4) is 0 Å². The average molecular weight is 238 g/mol. The van der Waals surface area contributed by atoms with E-state index in [4.69, 9.17) is 5.73 Å². The van der Waals surface area contributed by atoms with Crippen molar-refractivity contribution < 1.29 is 0 Å². The molecule has 2 nitrogen and oxygen atoms in total. The van der Waals surface area contributed by atoms with Crippen LogP contribution in [-0.4, -0.2) is 4.98 Å². The molecule has 0 amide bonds. The zero-order valence-corrected chi connectivity index (χ0v) is 10.7. The van der Waals surface area contributed by atoms with E-state index in [0.29, 0.717) is 0 Å². The average Bonchev–Trinajstić information content (AvgIpc) is 2.85. The van der Waals surface area contributed by atoms with Gasteiger partial charge in [-0.1, -0.05) is 24.3 Å². The van der Waals surface area contributed by atoms with Gasteiger partial charge in [0, 0.05) is 5.69 Å². The molecule has 1 aliphatic carbocycles. The standard InChI is InChI=1S/C16H18N2/c1-11-4-2-7-15(18-11)16(17)14-9-8-12-5-3-6-13(12)10-14/h2,4,7-10,16H,3,5-6,17H2,1H3. The molecule has 0 aliphatic heterocycles. The zero-order chi connectivity index (χ0) is 12.5. The molecule has 1 unspecified atom stereocenters. The minimum absolute atomic E-state index is 0.115. The van der Waals surface area contributed by atoms with Crippen molar-refractivity contribution in [2.24, 2.45) is 5.73 Å². The van der Waals surface area contributed by atoms with E-state index in [1.807, 2.05) is 25.1 Å². The Morgan fingerprint density at radius 1 is 1.11 bits per heavy atom. The normalized spacial score (nSPS) is 15.4. The molecule has 1 atom stereocenters. The molecule has 18 heavy (non-hydrogen) atoms. The van der Waals surface area contributed by atoms with Gasteiger partial charge in [0.1, 0.15) is 0 Å². The van der Waals surface area contributed by atoms with Crippen LogP contribution in [0, 0.1) is 6.92 Å². The third kappa shape index (κ3) is 2.04. The molecule has 1 heterocycles. The van der Waals surface area contributed by atoms with Crippen LogP contribution in [0.25, 0.3) is 0 Å². The third-order valence-corrected chi connectivity index (χ3v) is 3.71. The monoisotopic (exact) mass is 238 g/mol. The molecule has 1 aromatic heterocycles. The summed E-state index contributed by atoms with van der Waals surface area (Å²) in [6.07, 6.45) is 3.68. The van der Waals surface area contributed by atoms with E-state index in [1.165, 1.54) is 36.0 Å². The topological polar surface area (TPSA) is 38.9 Å². The molecule has 3 rings (SSSR count). The van der Waals surface area contributed by atoms with E-state index in [2.05, 4.69) is 23.2 Å². The molecule has 0 saturated heterocycles. The summed E-state index contributed by atoms with van der Waals surface area (Å²) in [4.78, 5) is 4.52. The molecule has 0 saturated carbocycles. The first-order valence-corrected chi connectivity index (χ1v) is 6.55. The highest BCUT2D eigenvalue weighted by molar-refractivity contribution is 5.38. The first-order chi connectivity index (χ1) is 8.74. The smallest absolute Gasteiger partial charge is 0.0726 e. The molecule has 0 radical (unpaired) electrons. The van der Waals surface area contributed by atoms with Crippen molar-refractivity contribution in [3.63, 3.8) is 0 Å². The number of nitrogens with zero attached hydrogens (tertiary/aromatic N) is 1. The number of nitrogens with two attached hydrogens (primary N) is 1. The van der Waals surface area contributed by atoms with Crippen LogP contribution in [0.15, 0.2) is 36.4 Å². The summed E-state index contributed by atoms with van der Waals surface area (Å²) in [5, 5.41) is 0. The van der Waals surface area contributed by atoms with Gasteiger partial charge >= 0.3 is 0 Å². The fourth-order valence-corrected chi connectivity index (χ4v) is 2.69. The van der Waals surface area contributed by atoms with Gasteiger partial charge in [0.05, 0.1) is 11.7 Å². The Balaban J connectivity index is 1.95. The van der Waals surface area contributed by atoms with Crippen LogP contribution < -0.4 is 5.73 Å². The largest absolute Gasteiger partial charge is 0.319 e. The van der Waals surface area contributed by atoms with Gasteiger partial charge in [0.25, 0.3) is 0 Å². The molecule has 0 spiro atoms. The van der Waals surface area contributed by atoms with E-state index in [-0.39, 0.29) is 6.04 Å². The maximum atomic E-state index is 6.32. The highest BCUT2D eigenvalue weighted by Crippen LogP contribution is 2.26. The molecule has 1 aliphatic rings. The summed E-state index contributed by atoms with van der Waals surface area (Å²) in [5.74, 6) is 0.